The van der Waals surface area contributed by atoms with Crippen molar-refractivity contribution in [2.75, 3.05) is 6.54 Å². The predicted octanol–water partition coefficient (Wildman–Crippen LogP) is 3.74. The van der Waals surface area contributed by atoms with Crippen LogP contribution >= 0.6 is 0 Å². The zero-order chi connectivity index (χ0) is 18.0. The second-order valence-electron chi connectivity index (χ2n) is 9.22. The molecule has 0 radical (unpaired) electrons. The molecule has 134 valence electrons. The van der Waals surface area contributed by atoms with E-state index in [4.69, 9.17) is 0 Å². The molecule has 3 heterocycles. The van der Waals surface area contributed by atoms with Crippen molar-refractivity contribution in [1.82, 2.24) is 14.3 Å². The first kappa shape index (κ1) is 16.6. The highest BCUT2D eigenvalue weighted by molar-refractivity contribution is 5.88. The Bertz CT molecular complexity index is 854. The molecule has 5 heteroatoms. The summed E-state index contributed by atoms with van der Waals surface area (Å²) in [6.07, 6.45) is 5.57. The van der Waals surface area contributed by atoms with Gasteiger partial charge in [0.05, 0.1) is 5.69 Å². The van der Waals surface area contributed by atoms with Crippen molar-refractivity contribution < 1.29 is 9.90 Å². The summed E-state index contributed by atoms with van der Waals surface area (Å²) in [4.78, 5) is 18.7. The number of hydrogen-bond donors (Lipinski definition) is 1. The molecule has 1 aliphatic carbocycles. The van der Waals surface area contributed by atoms with E-state index < -0.39 is 5.97 Å². The minimum absolute atomic E-state index is 0.195. The van der Waals surface area contributed by atoms with E-state index in [2.05, 4.69) is 30.7 Å². The molecule has 2 fully saturated rings. The normalized spacial score (nSPS) is 28.6. The molecule has 2 aromatic heterocycles. The van der Waals surface area contributed by atoms with E-state index in [0.29, 0.717) is 23.4 Å². The lowest BCUT2D eigenvalue weighted by atomic mass is 9.65. The van der Waals surface area contributed by atoms with Crippen LogP contribution in [0.15, 0.2) is 18.3 Å². The summed E-state index contributed by atoms with van der Waals surface area (Å²) in [6, 6.07) is 4.47. The maximum atomic E-state index is 11.8. The Morgan fingerprint density at radius 1 is 1.36 bits per heavy atom. The molecule has 1 saturated heterocycles. The summed E-state index contributed by atoms with van der Waals surface area (Å²) >= 11 is 0. The highest BCUT2D eigenvalue weighted by Crippen LogP contribution is 2.52. The van der Waals surface area contributed by atoms with Crippen molar-refractivity contribution in [2.45, 2.75) is 59.5 Å². The number of carbonyl (C=O) groups is 1. The lowest BCUT2D eigenvalue weighted by Gasteiger charge is -2.39. The van der Waals surface area contributed by atoms with Crippen LogP contribution in [0.3, 0.4) is 0 Å². The van der Waals surface area contributed by atoms with Gasteiger partial charge in [-0.3, -0.25) is 4.90 Å². The largest absolute Gasteiger partial charge is 0.476 e. The molecule has 0 aromatic carbocycles. The number of nitrogens with zero attached hydrogens (tertiary/aromatic N) is 3. The fourth-order valence-corrected chi connectivity index (χ4v) is 5.53. The molecule has 2 aromatic rings. The zero-order valence-corrected chi connectivity index (χ0v) is 15.5. The minimum Gasteiger partial charge on any atom is -0.476 e. The van der Waals surface area contributed by atoms with Crippen LogP contribution in [0.25, 0.3) is 5.65 Å². The smallest absolute Gasteiger partial charge is 0.356 e. The lowest BCUT2D eigenvalue weighted by Crippen LogP contribution is -2.34. The Morgan fingerprint density at radius 2 is 2.12 bits per heavy atom. The van der Waals surface area contributed by atoms with E-state index in [1.807, 2.05) is 29.7 Å². The Balaban J connectivity index is 1.73. The summed E-state index contributed by atoms with van der Waals surface area (Å²) in [5.74, 6) is -0.938. The summed E-state index contributed by atoms with van der Waals surface area (Å²) < 4.78 is 1.97. The van der Waals surface area contributed by atoms with Gasteiger partial charge in [-0.1, -0.05) is 26.8 Å². The van der Waals surface area contributed by atoms with Gasteiger partial charge in [-0.25, -0.2) is 9.78 Å². The number of imidazole rings is 1. The van der Waals surface area contributed by atoms with Gasteiger partial charge in [0.15, 0.2) is 5.69 Å². The Labute approximate surface area is 148 Å². The highest BCUT2D eigenvalue weighted by Gasteiger charge is 2.49. The first-order valence-corrected chi connectivity index (χ1v) is 9.11. The van der Waals surface area contributed by atoms with Crippen LogP contribution in [0.4, 0.5) is 0 Å². The second kappa shape index (κ2) is 5.31. The molecule has 4 rings (SSSR count). The van der Waals surface area contributed by atoms with E-state index in [1.54, 1.807) is 0 Å². The van der Waals surface area contributed by atoms with Gasteiger partial charge in [0.2, 0.25) is 0 Å². The van der Waals surface area contributed by atoms with Crippen molar-refractivity contribution in [3.05, 3.63) is 35.3 Å². The quantitative estimate of drug-likeness (QED) is 0.924. The van der Waals surface area contributed by atoms with E-state index in [9.17, 15) is 9.90 Å². The first-order valence-electron chi connectivity index (χ1n) is 9.11. The molecular weight excluding hydrogens is 314 g/mol. The molecule has 0 amide bonds. The molecule has 2 aliphatic rings. The van der Waals surface area contributed by atoms with Gasteiger partial charge < -0.3 is 9.51 Å². The van der Waals surface area contributed by atoms with Gasteiger partial charge in [-0.2, -0.15) is 0 Å². The third-order valence-corrected chi connectivity index (χ3v) is 6.02. The second-order valence-corrected chi connectivity index (χ2v) is 9.22. The topological polar surface area (TPSA) is 57.8 Å². The van der Waals surface area contributed by atoms with Crippen molar-refractivity contribution >= 4 is 11.6 Å². The van der Waals surface area contributed by atoms with Gasteiger partial charge in [0.25, 0.3) is 0 Å². The van der Waals surface area contributed by atoms with E-state index in [1.165, 1.54) is 19.3 Å². The zero-order valence-electron chi connectivity index (χ0n) is 15.5. The number of carboxylic acid groups (broad SMARTS) is 1. The minimum atomic E-state index is -0.938. The fraction of sp³-hybridized carbons (Fsp3) is 0.600. The molecular formula is C20H27N3O2. The molecule has 25 heavy (non-hydrogen) atoms. The standard InChI is InChI=1S/C20H27N3O2/c1-13-6-5-7-23-15(16(18(24)25)21-17(13)23)10-22-12-20(4)9-14(22)8-19(2,3)11-20/h5-7,14H,8-12H2,1-4H3,(H,24,25). The average molecular weight is 341 g/mol. The summed E-state index contributed by atoms with van der Waals surface area (Å²) in [7, 11) is 0. The average Bonchev–Trinajstić information content (AvgIpc) is 2.95. The van der Waals surface area contributed by atoms with Crippen LogP contribution in [-0.4, -0.2) is 37.9 Å². The van der Waals surface area contributed by atoms with Gasteiger partial charge >= 0.3 is 5.97 Å². The third-order valence-electron chi connectivity index (χ3n) is 6.02. The predicted molar refractivity (Wildman–Crippen MR) is 96.8 cm³/mol. The number of carboxylic acids is 1. The van der Waals surface area contributed by atoms with E-state index in [-0.39, 0.29) is 5.69 Å². The number of pyridine rings is 1. The maximum Gasteiger partial charge on any atom is 0.356 e. The van der Waals surface area contributed by atoms with Crippen molar-refractivity contribution in [1.29, 1.82) is 0 Å². The molecule has 0 spiro atoms. The molecule has 2 atom stereocenters. The van der Waals surface area contributed by atoms with Gasteiger partial charge in [-0.15, -0.1) is 0 Å². The summed E-state index contributed by atoms with van der Waals surface area (Å²) in [5.41, 5.74) is 3.46. The molecule has 1 aliphatic heterocycles. The van der Waals surface area contributed by atoms with E-state index >= 15 is 0 Å². The van der Waals surface area contributed by atoms with Crippen LogP contribution in [-0.2, 0) is 6.54 Å². The van der Waals surface area contributed by atoms with Crippen LogP contribution in [0, 0.1) is 17.8 Å². The monoisotopic (exact) mass is 341 g/mol. The number of fused-ring (bicyclic) bond motifs is 3. The van der Waals surface area contributed by atoms with Crippen LogP contribution in [0.2, 0.25) is 0 Å². The number of rotatable bonds is 3. The fourth-order valence-electron chi connectivity index (χ4n) is 5.53. The third kappa shape index (κ3) is 2.74. The summed E-state index contributed by atoms with van der Waals surface area (Å²) in [6.45, 7) is 10.8. The van der Waals surface area contributed by atoms with Crippen LogP contribution in [0.1, 0.15) is 61.8 Å². The van der Waals surface area contributed by atoms with Crippen LogP contribution in [0.5, 0.6) is 0 Å². The molecule has 2 bridgehead atoms. The SMILES string of the molecule is Cc1cccn2c(CN3CC4(C)CC3CC(C)(C)C4)c(C(=O)O)nc12. The summed E-state index contributed by atoms with van der Waals surface area (Å²) in [5, 5.41) is 9.66. The lowest BCUT2D eigenvalue weighted by molar-refractivity contribution is 0.0687. The number of aryl methyl sites for hydroxylation is 1. The Hall–Kier alpha value is -1.88. The number of likely N-dealkylation sites (tertiary alicyclic amines) is 1. The van der Waals surface area contributed by atoms with Gasteiger partial charge in [-0.05, 0) is 48.6 Å². The van der Waals surface area contributed by atoms with Crippen molar-refractivity contribution in [3.8, 4) is 0 Å². The maximum absolute atomic E-state index is 11.8. The Morgan fingerprint density at radius 3 is 2.84 bits per heavy atom. The van der Waals surface area contributed by atoms with Crippen molar-refractivity contribution in [3.63, 3.8) is 0 Å². The molecule has 5 nitrogen and oxygen atoms in total. The Kier molecular flexibility index (Phi) is 3.52. The molecule has 2 unspecified atom stereocenters. The molecule has 1 N–H and O–H groups in total. The highest BCUT2D eigenvalue weighted by atomic mass is 16.4. The van der Waals surface area contributed by atoms with Gasteiger partial charge in [0, 0.05) is 25.3 Å². The number of aromatic carboxylic acids is 1. The van der Waals surface area contributed by atoms with Gasteiger partial charge in [0.1, 0.15) is 5.65 Å². The molecule has 1 saturated carbocycles. The number of aromatic nitrogens is 2. The van der Waals surface area contributed by atoms with Crippen molar-refractivity contribution in [2.24, 2.45) is 10.8 Å². The first-order chi connectivity index (χ1) is 11.7. The van der Waals surface area contributed by atoms with E-state index in [0.717, 1.165) is 23.4 Å². The number of hydrogen-bond acceptors (Lipinski definition) is 3. The van der Waals surface area contributed by atoms with Crippen LogP contribution < -0.4 is 0 Å².